The summed E-state index contributed by atoms with van der Waals surface area (Å²) in [6.45, 7) is 2.59. The van der Waals surface area contributed by atoms with Crippen LogP contribution in [0.3, 0.4) is 0 Å². The van der Waals surface area contributed by atoms with E-state index in [9.17, 15) is 9.59 Å². The van der Waals surface area contributed by atoms with Crippen LogP contribution in [0.15, 0.2) is 0 Å². The van der Waals surface area contributed by atoms with E-state index in [0.29, 0.717) is 6.42 Å². The van der Waals surface area contributed by atoms with Crippen LogP contribution in [-0.4, -0.2) is 37.6 Å². The molecular weight excluding hydrogens is 232 g/mol. The summed E-state index contributed by atoms with van der Waals surface area (Å²) in [5, 5.41) is 5.83. The molecule has 5 nitrogen and oxygen atoms in total. The lowest BCUT2D eigenvalue weighted by Gasteiger charge is -2.14. The third-order valence-electron chi connectivity index (χ3n) is 2.53. The van der Waals surface area contributed by atoms with Crippen LogP contribution in [0.4, 0.5) is 0 Å². The summed E-state index contributed by atoms with van der Waals surface area (Å²) in [5.41, 5.74) is 0. The molecule has 0 saturated carbocycles. The van der Waals surface area contributed by atoms with Gasteiger partial charge in [0.25, 0.3) is 0 Å². The van der Waals surface area contributed by atoms with Crippen molar-refractivity contribution in [2.75, 3.05) is 13.7 Å². The molecule has 16 heavy (non-hydrogen) atoms. The second-order valence-corrected chi connectivity index (χ2v) is 3.81. The number of carbonyl (C=O) groups is 2. The molecule has 1 aliphatic rings. The van der Waals surface area contributed by atoms with Gasteiger partial charge in [0.15, 0.2) is 0 Å². The van der Waals surface area contributed by atoms with Crippen LogP contribution in [0.25, 0.3) is 0 Å². The van der Waals surface area contributed by atoms with Gasteiger partial charge < -0.3 is 15.4 Å². The molecule has 1 fully saturated rings. The highest BCUT2D eigenvalue weighted by Crippen LogP contribution is 2.08. The molecule has 0 aliphatic carbocycles. The van der Waals surface area contributed by atoms with Gasteiger partial charge in [-0.15, -0.1) is 12.4 Å². The molecule has 0 aromatic carbocycles. The molecule has 2 N–H and O–H groups in total. The first-order valence-electron chi connectivity index (χ1n) is 5.24. The summed E-state index contributed by atoms with van der Waals surface area (Å²) in [4.78, 5) is 22.5. The van der Waals surface area contributed by atoms with Crippen LogP contribution in [0.5, 0.6) is 0 Å². The molecule has 1 heterocycles. The van der Waals surface area contributed by atoms with E-state index in [1.807, 2.05) is 0 Å². The van der Waals surface area contributed by atoms with Crippen molar-refractivity contribution in [1.82, 2.24) is 10.6 Å². The molecule has 0 aromatic rings. The van der Waals surface area contributed by atoms with Crippen LogP contribution in [0.1, 0.15) is 26.2 Å². The Morgan fingerprint density at radius 2 is 2.25 bits per heavy atom. The lowest BCUT2D eigenvalue weighted by Crippen LogP contribution is -2.41. The molecule has 1 rings (SSSR count). The van der Waals surface area contributed by atoms with Crippen molar-refractivity contribution in [3.8, 4) is 0 Å². The van der Waals surface area contributed by atoms with E-state index in [2.05, 4.69) is 15.4 Å². The minimum atomic E-state index is -0.566. The van der Waals surface area contributed by atoms with Crippen molar-refractivity contribution in [2.24, 2.45) is 0 Å². The molecule has 2 atom stereocenters. The largest absolute Gasteiger partial charge is 0.467 e. The Bertz CT molecular complexity index is 242. The summed E-state index contributed by atoms with van der Waals surface area (Å²) >= 11 is 0. The molecule has 0 radical (unpaired) electrons. The quantitative estimate of drug-likeness (QED) is 0.701. The van der Waals surface area contributed by atoms with E-state index in [-0.39, 0.29) is 24.4 Å². The van der Waals surface area contributed by atoms with Gasteiger partial charge in [-0.2, -0.15) is 0 Å². The van der Waals surface area contributed by atoms with Crippen LogP contribution < -0.4 is 10.6 Å². The number of hydrogen-bond acceptors (Lipinski definition) is 4. The first-order chi connectivity index (χ1) is 7.13. The van der Waals surface area contributed by atoms with Gasteiger partial charge >= 0.3 is 5.97 Å². The van der Waals surface area contributed by atoms with Crippen LogP contribution >= 0.6 is 12.4 Å². The number of amides is 1. The first-order valence-corrected chi connectivity index (χ1v) is 5.24. The molecule has 2 unspecified atom stereocenters. The Morgan fingerprint density at radius 3 is 2.75 bits per heavy atom. The maximum atomic E-state index is 11.5. The number of esters is 1. The smallest absolute Gasteiger partial charge is 0.328 e. The fourth-order valence-corrected chi connectivity index (χ4v) is 1.69. The number of hydrogen-bond donors (Lipinski definition) is 2. The number of carbonyl (C=O) groups excluding carboxylic acids is 2. The number of rotatable bonds is 4. The van der Waals surface area contributed by atoms with E-state index in [4.69, 9.17) is 0 Å². The predicted molar refractivity (Wildman–Crippen MR) is 62.5 cm³/mol. The Kier molecular flexibility index (Phi) is 7.08. The van der Waals surface area contributed by atoms with Gasteiger partial charge in [-0.05, 0) is 26.3 Å². The van der Waals surface area contributed by atoms with Crippen molar-refractivity contribution in [3.63, 3.8) is 0 Å². The Morgan fingerprint density at radius 1 is 1.56 bits per heavy atom. The molecule has 6 heteroatoms. The van der Waals surface area contributed by atoms with Crippen molar-refractivity contribution in [2.45, 2.75) is 38.3 Å². The van der Waals surface area contributed by atoms with Crippen LogP contribution in [-0.2, 0) is 14.3 Å². The standard InChI is InChI=1S/C10H18N2O3.ClH/c1-7(10(14)15-2)12-9(13)6-8-4-3-5-11-8;/h7-8,11H,3-6H2,1-2H3,(H,12,13);1H. The highest BCUT2D eigenvalue weighted by Gasteiger charge is 2.20. The zero-order valence-corrected chi connectivity index (χ0v) is 10.4. The zero-order valence-electron chi connectivity index (χ0n) is 9.62. The van der Waals surface area contributed by atoms with Crippen molar-refractivity contribution >= 4 is 24.3 Å². The number of nitrogens with one attached hydrogen (secondary N) is 2. The number of methoxy groups -OCH3 is 1. The Hall–Kier alpha value is -0.810. The summed E-state index contributed by atoms with van der Waals surface area (Å²) in [6.07, 6.45) is 2.58. The van der Waals surface area contributed by atoms with Gasteiger partial charge in [-0.3, -0.25) is 4.79 Å². The van der Waals surface area contributed by atoms with Crippen molar-refractivity contribution in [3.05, 3.63) is 0 Å². The highest BCUT2D eigenvalue weighted by molar-refractivity contribution is 5.85. The van der Waals surface area contributed by atoms with E-state index < -0.39 is 12.0 Å². The van der Waals surface area contributed by atoms with Gasteiger partial charge in [0.1, 0.15) is 6.04 Å². The topological polar surface area (TPSA) is 67.4 Å². The van der Waals surface area contributed by atoms with E-state index >= 15 is 0 Å². The molecule has 1 saturated heterocycles. The van der Waals surface area contributed by atoms with Gasteiger partial charge in [0, 0.05) is 12.5 Å². The van der Waals surface area contributed by atoms with Gasteiger partial charge in [-0.25, -0.2) is 4.79 Å². The fraction of sp³-hybridized carbons (Fsp3) is 0.800. The maximum absolute atomic E-state index is 11.5. The fourth-order valence-electron chi connectivity index (χ4n) is 1.69. The van der Waals surface area contributed by atoms with Gasteiger partial charge in [-0.1, -0.05) is 0 Å². The molecule has 1 amide bonds. The number of halogens is 1. The lowest BCUT2D eigenvalue weighted by atomic mass is 10.1. The summed E-state index contributed by atoms with van der Waals surface area (Å²) < 4.78 is 4.51. The Balaban J connectivity index is 0.00000225. The summed E-state index contributed by atoms with van der Waals surface area (Å²) in [6, 6.07) is -0.307. The third-order valence-corrected chi connectivity index (χ3v) is 2.53. The summed E-state index contributed by atoms with van der Waals surface area (Å²) in [5.74, 6) is -0.518. The average Bonchev–Trinajstić information content (AvgIpc) is 2.68. The minimum absolute atomic E-state index is 0. The maximum Gasteiger partial charge on any atom is 0.328 e. The predicted octanol–water partition coefficient (Wildman–Crippen LogP) is 0.228. The zero-order chi connectivity index (χ0) is 11.3. The second-order valence-electron chi connectivity index (χ2n) is 3.81. The van der Waals surface area contributed by atoms with E-state index in [1.165, 1.54) is 7.11 Å². The highest BCUT2D eigenvalue weighted by atomic mass is 35.5. The van der Waals surface area contributed by atoms with E-state index in [1.54, 1.807) is 6.92 Å². The summed E-state index contributed by atoms with van der Waals surface area (Å²) in [7, 11) is 1.31. The van der Waals surface area contributed by atoms with Gasteiger partial charge in [0.2, 0.25) is 5.91 Å². The Labute approximate surface area is 102 Å². The molecular formula is C10H19ClN2O3. The van der Waals surface area contributed by atoms with Crippen LogP contribution in [0.2, 0.25) is 0 Å². The SMILES string of the molecule is COC(=O)C(C)NC(=O)CC1CCCN1.Cl. The number of ether oxygens (including phenoxy) is 1. The third kappa shape index (κ3) is 4.81. The van der Waals surface area contributed by atoms with E-state index in [0.717, 1.165) is 19.4 Å². The minimum Gasteiger partial charge on any atom is -0.467 e. The van der Waals surface area contributed by atoms with Gasteiger partial charge in [0.05, 0.1) is 7.11 Å². The van der Waals surface area contributed by atoms with Crippen molar-refractivity contribution < 1.29 is 14.3 Å². The molecule has 1 aliphatic heterocycles. The molecule has 0 bridgehead atoms. The monoisotopic (exact) mass is 250 g/mol. The molecule has 0 aromatic heterocycles. The average molecular weight is 251 g/mol. The lowest BCUT2D eigenvalue weighted by molar-refractivity contribution is -0.144. The van der Waals surface area contributed by atoms with Crippen LogP contribution in [0, 0.1) is 0 Å². The van der Waals surface area contributed by atoms with Crippen molar-refractivity contribution in [1.29, 1.82) is 0 Å². The second kappa shape index (κ2) is 7.46. The normalized spacial score (nSPS) is 20.8. The molecule has 94 valence electrons. The molecule has 0 spiro atoms. The first kappa shape index (κ1) is 15.2.